The fourth-order valence-corrected chi connectivity index (χ4v) is 3.56. The number of amides is 3. The first-order valence-corrected chi connectivity index (χ1v) is 10.4. The van der Waals surface area contributed by atoms with Crippen molar-refractivity contribution in [3.05, 3.63) is 42.2 Å². The summed E-state index contributed by atoms with van der Waals surface area (Å²) in [5.41, 5.74) is 0.115. The van der Waals surface area contributed by atoms with Crippen LogP contribution in [0.5, 0.6) is 11.5 Å². The number of nitrogens with zero attached hydrogens (tertiary/aromatic N) is 1. The van der Waals surface area contributed by atoms with Crippen LogP contribution in [0.1, 0.15) is 27.2 Å². The summed E-state index contributed by atoms with van der Waals surface area (Å²) in [6.07, 6.45) is -0.751. The maximum absolute atomic E-state index is 13.9. The van der Waals surface area contributed by atoms with Crippen LogP contribution in [0.25, 0.3) is 0 Å². The van der Waals surface area contributed by atoms with Crippen LogP contribution in [0.15, 0.2) is 36.4 Å². The molecule has 0 aliphatic carbocycles. The van der Waals surface area contributed by atoms with Gasteiger partial charge in [0.05, 0.1) is 17.3 Å². The predicted octanol–water partition coefficient (Wildman–Crippen LogP) is 3.89. The van der Waals surface area contributed by atoms with Gasteiger partial charge in [0.25, 0.3) is 0 Å². The molecule has 1 unspecified atom stereocenters. The van der Waals surface area contributed by atoms with Gasteiger partial charge in [-0.1, -0.05) is 0 Å². The molecule has 0 radical (unpaired) electrons. The van der Waals surface area contributed by atoms with Crippen molar-refractivity contribution in [2.24, 2.45) is 5.92 Å². The lowest BCUT2D eigenvalue weighted by Gasteiger charge is -2.21. The normalized spacial score (nSPS) is 17.2. The number of nitrogens with one attached hydrogen (secondary N) is 2. The van der Waals surface area contributed by atoms with E-state index in [0.717, 1.165) is 12.1 Å². The highest BCUT2D eigenvalue weighted by Gasteiger charge is 2.36. The largest absolute Gasteiger partial charge is 0.454 e. The van der Waals surface area contributed by atoms with Crippen LogP contribution in [0.2, 0.25) is 0 Å². The number of ether oxygens (including phenoxy) is 3. The van der Waals surface area contributed by atoms with Gasteiger partial charge in [-0.05, 0) is 51.1 Å². The first-order valence-electron chi connectivity index (χ1n) is 10.4. The maximum atomic E-state index is 13.9. The molecule has 2 N–H and O–H groups in total. The van der Waals surface area contributed by atoms with Crippen LogP contribution in [0.3, 0.4) is 0 Å². The Morgan fingerprint density at radius 3 is 2.58 bits per heavy atom. The summed E-state index contributed by atoms with van der Waals surface area (Å²) in [5, 5.41) is 5.13. The highest BCUT2D eigenvalue weighted by atomic mass is 19.1. The van der Waals surface area contributed by atoms with Gasteiger partial charge in [-0.15, -0.1) is 0 Å². The zero-order valence-electron chi connectivity index (χ0n) is 18.4. The quantitative estimate of drug-likeness (QED) is 0.722. The zero-order valence-corrected chi connectivity index (χ0v) is 18.4. The molecule has 174 valence electrons. The summed E-state index contributed by atoms with van der Waals surface area (Å²) in [5.74, 6) is -0.823. The second kappa shape index (κ2) is 8.61. The fourth-order valence-electron chi connectivity index (χ4n) is 3.56. The zero-order chi connectivity index (χ0) is 23.8. The molecule has 4 rings (SSSR count). The number of anilines is 3. The minimum atomic E-state index is -0.741. The molecule has 33 heavy (non-hydrogen) atoms. The summed E-state index contributed by atoms with van der Waals surface area (Å²) < 4.78 is 29.7. The number of carbonyl (C=O) groups excluding carboxylic acids is 3. The molecule has 0 saturated carbocycles. The molecular formula is C23H24FN3O6. The SMILES string of the molecule is CC(C)(C)OC(=O)Nc1ccc(F)cc1NC(=O)C1CC(=O)N(c2ccc3c(c2)OCO3)C1. The predicted molar refractivity (Wildman–Crippen MR) is 118 cm³/mol. The van der Waals surface area contributed by atoms with Crippen LogP contribution in [-0.4, -0.2) is 36.8 Å². The molecule has 2 aliphatic rings. The average Bonchev–Trinajstić information content (AvgIpc) is 3.34. The van der Waals surface area contributed by atoms with Gasteiger partial charge in [-0.2, -0.15) is 0 Å². The van der Waals surface area contributed by atoms with Gasteiger partial charge in [0, 0.05) is 24.7 Å². The Labute approximate surface area is 189 Å². The number of carbonyl (C=O) groups is 3. The summed E-state index contributed by atoms with van der Waals surface area (Å²) >= 11 is 0. The van der Waals surface area contributed by atoms with E-state index >= 15 is 0 Å². The first kappa shape index (κ1) is 22.4. The fraction of sp³-hybridized carbons (Fsp3) is 0.348. The van der Waals surface area contributed by atoms with Crippen molar-refractivity contribution < 1.29 is 33.0 Å². The van der Waals surface area contributed by atoms with E-state index in [9.17, 15) is 18.8 Å². The number of hydrogen-bond acceptors (Lipinski definition) is 6. The first-order chi connectivity index (χ1) is 15.6. The molecule has 0 spiro atoms. The van der Waals surface area contributed by atoms with E-state index in [1.807, 2.05) is 0 Å². The van der Waals surface area contributed by atoms with Gasteiger partial charge in [-0.3, -0.25) is 14.9 Å². The Morgan fingerprint density at radius 2 is 1.82 bits per heavy atom. The van der Waals surface area contributed by atoms with Gasteiger partial charge in [0.1, 0.15) is 11.4 Å². The second-order valence-corrected chi connectivity index (χ2v) is 8.75. The van der Waals surface area contributed by atoms with E-state index in [2.05, 4.69) is 10.6 Å². The Morgan fingerprint density at radius 1 is 1.06 bits per heavy atom. The van der Waals surface area contributed by atoms with Crippen LogP contribution >= 0.6 is 0 Å². The Kier molecular flexibility index (Phi) is 5.84. The van der Waals surface area contributed by atoms with Crippen LogP contribution in [0.4, 0.5) is 26.2 Å². The molecule has 10 heteroatoms. The number of rotatable bonds is 4. The standard InChI is InChI=1S/C23H24FN3O6/c1-23(2,3)33-22(30)26-16-6-4-14(24)9-17(16)25-21(29)13-8-20(28)27(11-13)15-5-7-18-19(10-15)32-12-31-18/h4-7,9-10,13H,8,11-12H2,1-3H3,(H,25,29)(H,26,30). The molecule has 2 heterocycles. The average molecular weight is 457 g/mol. The van der Waals surface area contributed by atoms with Gasteiger partial charge >= 0.3 is 6.09 Å². The van der Waals surface area contributed by atoms with E-state index in [0.29, 0.717) is 17.2 Å². The van der Waals surface area contributed by atoms with Gasteiger partial charge in [-0.25, -0.2) is 9.18 Å². The molecule has 1 fully saturated rings. The Bertz CT molecular complexity index is 1110. The van der Waals surface area contributed by atoms with E-state index in [1.165, 1.54) is 11.0 Å². The lowest BCUT2D eigenvalue weighted by molar-refractivity contribution is -0.122. The smallest absolute Gasteiger partial charge is 0.412 e. The van der Waals surface area contributed by atoms with Crippen LogP contribution in [0, 0.1) is 11.7 Å². The number of benzene rings is 2. The number of fused-ring (bicyclic) bond motifs is 1. The van der Waals surface area contributed by atoms with Crippen LogP contribution in [-0.2, 0) is 14.3 Å². The molecule has 2 aliphatic heterocycles. The van der Waals surface area contributed by atoms with Crippen molar-refractivity contribution >= 4 is 35.0 Å². The molecule has 0 bridgehead atoms. The molecule has 2 aromatic rings. The molecule has 0 aromatic heterocycles. The lowest BCUT2D eigenvalue weighted by Crippen LogP contribution is -2.29. The minimum Gasteiger partial charge on any atom is -0.454 e. The molecule has 1 saturated heterocycles. The van der Waals surface area contributed by atoms with E-state index in [-0.39, 0.29) is 37.0 Å². The van der Waals surface area contributed by atoms with Gasteiger partial charge in [0.15, 0.2) is 11.5 Å². The molecule has 3 amide bonds. The maximum Gasteiger partial charge on any atom is 0.412 e. The highest BCUT2D eigenvalue weighted by molar-refractivity contribution is 6.05. The third kappa shape index (κ3) is 5.16. The van der Waals surface area contributed by atoms with Crippen molar-refractivity contribution in [1.82, 2.24) is 0 Å². The monoisotopic (exact) mass is 457 g/mol. The summed E-state index contributed by atoms with van der Waals surface area (Å²) in [4.78, 5) is 39.1. The summed E-state index contributed by atoms with van der Waals surface area (Å²) in [6, 6.07) is 8.70. The van der Waals surface area contributed by atoms with Gasteiger partial charge < -0.3 is 24.4 Å². The van der Waals surface area contributed by atoms with Crippen molar-refractivity contribution in [1.29, 1.82) is 0 Å². The van der Waals surface area contributed by atoms with Crippen molar-refractivity contribution in [2.45, 2.75) is 32.8 Å². The van der Waals surface area contributed by atoms with Crippen molar-refractivity contribution in [2.75, 3.05) is 28.9 Å². The van der Waals surface area contributed by atoms with Gasteiger partial charge in [0.2, 0.25) is 18.6 Å². The third-order valence-electron chi connectivity index (χ3n) is 5.04. The Hall–Kier alpha value is -3.82. The highest BCUT2D eigenvalue weighted by Crippen LogP contribution is 2.37. The molecular weight excluding hydrogens is 433 g/mol. The third-order valence-corrected chi connectivity index (χ3v) is 5.04. The van der Waals surface area contributed by atoms with E-state index in [1.54, 1.807) is 39.0 Å². The lowest BCUT2D eigenvalue weighted by atomic mass is 10.1. The second-order valence-electron chi connectivity index (χ2n) is 8.75. The summed E-state index contributed by atoms with van der Waals surface area (Å²) in [7, 11) is 0. The number of hydrogen-bond donors (Lipinski definition) is 2. The number of halogens is 1. The van der Waals surface area contributed by atoms with E-state index < -0.39 is 29.3 Å². The van der Waals surface area contributed by atoms with Crippen LogP contribution < -0.4 is 25.0 Å². The minimum absolute atomic E-state index is 0.00951. The van der Waals surface area contributed by atoms with Crippen molar-refractivity contribution in [3.63, 3.8) is 0 Å². The Balaban J connectivity index is 1.46. The topological polar surface area (TPSA) is 106 Å². The van der Waals surface area contributed by atoms with Crippen molar-refractivity contribution in [3.8, 4) is 11.5 Å². The molecule has 9 nitrogen and oxygen atoms in total. The summed E-state index contributed by atoms with van der Waals surface area (Å²) in [6.45, 7) is 5.40. The molecule has 1 atom stereocenters. The molecule has 2 aromatic carbocycles. The van der Waals surface area contributed by atoms with E-state index in [4.69, 9.17) is 14.2 Å².